The van der Waals surface area contributed by atoms with Crippen LogP contribution in [0.1, 0.15) is 11.1 Å². The topological polar surface area (TPSA) is 54.7 Å². The Labute approximate surface area is 97.3 Å². The number of aromatic amines is 1. The Morgan fingerprint density at radius 1 is 1.31 bits per heavy atom. The van der Waals surface area contributed by atoms with Crippen LogP contribution >= 0.6 is 11.8 Å². The number of hydrogen-bond donors (Lipinski definition) is 2. The van der Waals surface area contributed by atoms with Crippen molar-refractivity contribution < 1.29 is 4.39 Å². The maximum atomic E-state index is 13.2. The third kappa shape index (κ3) is 2.84. The molecule has 1 heterocycles. The largest absolute Gasteiger partial charge is 0.340 e. The fourth-order valence-electron chi connectivity index (χ4n) is 1.40. The van der Waals surface area contributed by atoms with E-state index in [-0.39, 0.29) is 5.82 Å². The van der Waals surface area contributed by atoms with Crippen molar-refractivity contribution in [3.63, 3.8) is 0 Å². The number of nitrogens with zero attached hydrogens (tertiary/aromatic N) is 1. The van der Waals surface area contributed by atoms with Crippen molar-refractivity contribution in [2.45, 2.75) is 17.5 Å². The molecule has 0 atom stereocenters. The molecule has 0 aliphatic carbocycles. The van der Waals surface area contributed by atoms with Gasteiger partial charge < -0.3 is 10.7 Å². The second-order valence-electron chi connectivity index (χ2n) is 3.35. The van der Waals surface area contributed by atoms with Crippen LogP contribution in [-0.2, 0) is 12.3 Å². The highest BCUT2D eigenvalue weighted by atomic mass is 32.2. The summed E-state index contributed by atoms with van der Waals surface area (Å²) >= 11 is 1.53. The van der Waals surface area contributed by atoms with E-state index in [1.807, 2.05) is 6.07 Å². The molecule has 5 heteroatoms. The number of aromatic nitrogens is 2. The Kier molecular flexibility index (Phi) is 3.58. The van der Waals surface area contributed by atoms with Gasteiger partial charge in [-0.15, -0.1) is 0 Å². The minimum absolute atomic E-state index is 0.238. The van der Waals surface area contributed by atoms with Crippen LogP contribution in [0.3, 0.4) is 0 Å². The van der Waals surface area contributed by atoms with Gasteiger partial charge in [-0.05, 0) is 23.3 Å². The summed E-state index contributed by atoms with van der Waals surface area (Å²) in [7, 11) is 0. The molecule has 0 aliphatic heterocycles. The lowest BCUT2D eigenvalue weighted by Crippen LogP contribution is -1.98. The van der Waals surface area contributed by atoms with Gasteiger partial charge in [-0.2, -0.15) is 0 Å². The van der Waals surface area contributed by atoms with Crippen molar-refractivity contribution in [3.05, 3.63) is 47.5 Å². The van der Waals surface area contributed by atoms with E-state index >= 15 is 0 Å². The molecule has 3 nitrogen and oxygen atoms in total. The van der Waals surface area contributed by atoms with Crippen molar-refractivity contribution in [1.82, 2.24) is 9.97 Å². The average molecular weight is 237 g/mol. The maximum absolute atomic E-state index is 13.2. The number of benzene rings is 1. The van der Waals surface area contributed by atoms with Gasteiger partial charge >= 0.3 is 0 Å². The number of imidazole rings is 1. The van der Waals surface area contributed by atoms with Gasteiger partial charge in [0.05, 0.1) is 0 Å². The summed E-state index contributed by atoms with van der Waals surface area (Å²) in [6.45, 7) is 0.357. The molecule has 16 heavy (non-hydrogen) atoms. The Balaban J connectivity index is 2.06. The molecule has 0 amide bonds. The Hall–Kier alpha value is -1.33. The van der Waals surface area contributed by atoms with Crippen LogP contribution in [0.5, 0.6) is 0 Å². The summed E-state index contributed by atoms with van der Waals surface area (Å²) in [6.07, 6.45) is 3.46. The average Bonchev–Trinajstić information content (AvgIpc) is 2.78. The van der Waals surface area contributed by atoms with E-state index < -0.39 is 0 Å². The number of halogens is 1. The molecular weight excluding hydrogens is 225 g/mol. The normalized spacial score (nSPS) is 10.6. The first-order valence-corrected chi connectivity index (χ1v) is 5.87. The van der Waals surface area contributed by atoms with Gasteiger partial charge in [-0.25, -0.2) is 9.37 Å². The van der Waals surface area contributed by atoms with Gasteiger partial charge in [0, 0.05) is 24.7 Å². The SMILES string of the molecule is NCc1cc(F)cc(CSc2ncc[nH]2)c1. The van der Waals surface area contributed by atoms with Crippen LogP contribution in [0.2, 0.25) is 0 Å². The molecule has 0 saturated carbocycles. The molecule has 0 spiro atoms. The van der Waals surface area contributed by atoms with Gasteiger partial charge in [-0.3, -0.25) is 0 Å². The predicted molar refractivity (Wildman–Crippen MR) is 62.4 cm³/mol. The summed E-state index contributed by atoms with van der Waals surface area (Å²) in [4.78, 5) is 7.07. The second kappa shape index (κ2) is 5.14. The van der Waals surface area contributed by atoms with Crippen LogP contribution in [0, 0.1) is 5.82 Å². The lowest BCUT2D eigenvalue weighted by molar-refractivity contribution is 0.624. The summed E-state index contributed by atoms with van der Waals surface area (Å²) in [6, 6.07) is 4.90. The van der Waals surface area contributed by atoms with Crippen LogP contribution in [0.15, 0.2) is 35.7 Å². The smallest absolute Gasteiger partial charge is 0.165 e. The number of nitrogens with two attached hydrogens (primary N) is 1. The van der Waals surface area contributed by atoms with Crippen LogP contribution in [-0.4, -0.2) is 9.97 Å². The van der Waals surface area contributed by atoms with Crippen molar-refractivity contribution in [2.75, 3.05) is 0 Å². The molecule has 2 aromatic rings. The molecule has 0 aliphatic rings. The number of rotatable bonds is 4. The van der Waals surface area contributed by atoms with Gasteiger partial charge in [0.15, 0.2) is 5.16 Å². The van der Waals surface area contributed by atoms with E-state index in [1.54, 1.807) is 12.4 Å². The molecule has 0 saturated heterocycles. The zero-order chi connectivity index (χ0) is 11.4. The molecule has 0 bridgehead atoms. The molecule has 1 aromatic heterocycles. The minimum Gasteiger partial charge on any atom is -0.340 e. The van der Waals surface area contributed by atoms with Gasteiger partial charge in [-0.1, -0.05) is 17.8 Å². The zero-order valence-corrected chi connectivity index (χ0v) is 9.43. The second-order valence-corrected chi connectivity index (χ2v) is 4.32. The number of hydrogen-bond acceptors (Lipinski definition) is 3. The number of H-pyrrole nitrogens is 1. The van der Waals surface area contributed by atoms with Crippen molar-refractivity contribution in [1.29, 1.82) is 0 Å². The lowest BCUT2D eigenvalue weighted by atomic mass is 10.1. The van der Waals surface area contributed by atoms with Crippen molar-refractivity contribution >= 4 is 11.8 Å². The third-order valence-electron chi connectivity index (χ3n) is 2.10. The fraction of sp³-hybridized carbons (Fsp3) is 0.182. The highest BCUT2D eigenvalue weighted by molar-refractivity contribution is 7.98. The molecule has 2 rings (SSSR count). The first-order chi connectivity index (χ1) is 7.78. The van der Waals surface area contributed by atoms with E-state index in [1.165, 1.54) is 23.9 Å². The van der Waals surface area contributed by atoms with Crippen molar-refractivity contribution in [2.24, 2.45) is 5.73 Å². The van der Waals surface area contributed by atoms with E-state index in [4.69, 9.17) is 5.73 Å². The molecule has 0 radical (unpaired) electrons. The number of nitrogens with one attached hydrogen (secondary N) is 1. The Morgan fingerprint density at radius 2 is 2.12 bits per heavy atom. The standard InChI is InChI=1S/C11H12FN3S/c12-10-4-8(6-13)3-9(5-10)7-16-11-14-1-2-15-11/h1-5H,6-7,13H2,(H,14,15). The third-order valence-corrected chi connectivity index (χ3v) is 3.08. The van der Waals surface area contributed by atoms with E-state index in [0.29, 0.717) is 12.3 Å². The van der Waals surface area contributed by atoms with Gasteiger partial charge in [0.25, 0.3) is 0 Å². The quantitative estimate of drug-likeness (QED) is 0.802. The van der Waals surface area contributed by atoms with Crippen LogP contribution in [0.25, 0.3) is 0 Å². The predicted octanol–water partition coefficient (Wildman–Crippen LogP) is 2.30. The molecule has 0 unspecified atom stereocenters. The van der Waals surface area contributed by atoms with Crippen LogP contribution < -0.4 is 5.73 Å². The van der Waals surface area contributed by atoms with E-state index in [0.717, 1.165) is 16.3 Å². The summed E-state index contributed by atoms with van der Waals surface area (Å²) in [5.74, 6) is 0.441. The highest BCUT2D eigenvalue weighted by Crippen LogP contribution is 2.20. The zero-order valence-electron chi connectivity index (χ0n) is 8.61. The highest BCUT2D eigenvalue weighted by Gasteiger charge is 2.02. The monoisotopic (exact) mass is 237 g/mol. The Bertz CT molecular complexity index is 456. The summed E-state index contributed by atoms with van der Waals surface area (Å²) < 4.78 is 13.2. The minimum atomic E-state index is -0.238. The molecule has 84 valence electrons. The first kappa shape index (κ1) is 11.2. The summed E-state index contributed by atoms with van der Waals surface area (Å²) in [5.41, 5.74) is 7.22. The van der Waals surface area contributed by atoms with E-state index in [9.17, 15) is 4.39 Å². The number of thioether (sulfide) groups is 1. The Morgan fingerprint density at radius 3 is 2.81 bits per heavy atom. The fourth-order valence-corrected chi connectivity index (χ4v) is 2.16. The molecule has 3 N–H and O–H groups in total. The molecular formula is C11H12FN3S. The van der Waals surface area contributed by atoms with Crippen LogP contribution in [0.4, 0.5) is 4.39 Å². The lowest BCUT2D eigenvalue weighted by Gasteiger charge is -2.03. The maximum Gasteiger partial charge on any atom is 0.165 e. The molecule has 1 aromatic carbocycles. The first-order valence-electron chi connectivity index (χ1n) is 4.88. The van der Waals surface area contributed by atoms with Crippen molar-refractivity contribution in [3.8, 4) is 0 Å². The van der Waals surface area contributed by atoms with Gasteiger partial charge in [0.1, 0.15) is 5.82 Å². The van der Waals surface area contributed by atoms with E-state index in [2.05, 4.69) is 9.97 Å². The summed E-state index contributed by atoms with van der Waals surface area (Å²) in [5, 5.41) is 0.832. The van der Waals surface area contributed by atoms with Gasteiger partial charge in [0.2, 0.25) is 0 Å². The molecule has 0 fully saturated rings.